The highest BCUT2D eigenvalue weighted by atomic mass is 16.2. The van der Waals surface area contributed by atoms with Crippen LogP contribution in [0.15, 0.2) is 85.1 Å². The molecule has 3 aromatic carbocycles. The van der Waals surface area contributed by atoms with Gasteiger partial charge in [0.2, 0.25) is 5.91 Å². The van der Waals surface area contributed by atoms with Gasteiger partial charge in [-0.2, -0.15) is 0 Å². The molecule has 0 saturated carbocycles. The van der Waals surface area contributed by atoms with E-state index in [-0.39, 0.29) is 24.4 Å². The Balaban J connectivity index is 1.53. The topological polar surface area (TPSA) is 65.2 Å². The predicted molar refractivity (Wildman–Crippen MR) is 113 cm³/mol. The number of para-hydroxylation sites is 2. The molecular formula is C24H19N3O2. The first-order valence-corrected chi connectivity index (χ1v) is 9.53. The number of benzene rings is 3. The van der Waals surface area contributed by atoms with Gasteiger partial charge in [0.15, 0.2) is 0 Å². The van der Waals surface area contributed by atoms with Gasteiger partial charge in [0.05, 0.1) is 6.04 Å². The molecule has 2 N–H and O–H groups in total. The number of nitrogens with zero attached hydrogens (tertiary/aromatic N) is 1. The molecule has 1 aliphatic rings. The molecule has 4 aromatic rings. The number of hydrogen-bond acceptors (Lipinski definition) is 2. The van der Waals surface area contributed by atoms with E-state index < -0.39 is 0 Å². The Hall–Kier alpha value is -3.86. The smallest absolute Gasteiger partial charge is 0.255 e. The predicted octanol–water partition coefficient (Wildman–Crippen LogP) is 4.35. The molecule has 0 aliphatic carbocycles. The van der Waals surface area contributed by atoms with Crippen molar-refractivity contribution in [3.05, 3.63) is 102 Å². The van der Waals surface area contributed by atoms with Gasteiger partial charge < -0.3 is 15.2 Å². The van der Waals surface area contributed by atoms with Gasteiger partial charge in [-0.15, -0.1) is 0 Å². The van der Waals surface area contributed by atoms with Gasteiger partial charge in [0, 0.05) is 33.9 Å². The number of aromatic amines is 1. The molecule has 2 heterocycles. The summed E-state index contributed by atoms with van der Waals surface area (Å²) in [6, 6.07) is 24.5. The highest BCUT2D eigenvalue weighted by molar-refractivity contribution is 6.04. The number of carbonyl (C=O) groups excluding carboxylic acids is 2. The van der Waals surface area contributed by atoms with Crippen LogP contribution in [0.3, 0.4) is 0 Å². The van der Waals surface area contributed by atoms with Gasteiger partial charge in [-0.1, -0.05) is 54.6 Å². The lowest BCUT2D eigenvalue weighted by Crippen LogP contribution is -2.36. The van der Waals surface area contributed by atoms with Crippen LogP contribution < -0.4 is 5.32 Å². The third kappa shape index (κ3) is 2.97. The monoisotopic (exact) mass is 381 g/mol. The summed E-state index contributed by atoms with van der Waals surface area (Å²) in [4.78, 5) is 30.8. The number of hydrogen-bond donors (Lipinski definition) is 2. The van der Waals surface area contributed by atoms with E-state index in [9.17, 15) is 9.59 Å². The van der Waals surface area contributed by atoms with E-state index in [4.69, 9.17) is 0 Å². The van der Waals surface area contributed by atoms with E-state index >= 15 is 0 Å². The van der Waals surface area contributed by atoms with Crippen LogP contribution in [0.2, 0.25) is 0 Å². The Labute approximate surface area is 168 Å². The highest BCUT2D eigenvalue weighted by Gasteiger charge is 2.39. The summed E-state index contributed by atoms with van der Waals surface area (Å²) in [6.45, 7) is -0.0212. The Bertz CT molecular complexity index is 1210. The van der Waals surface area contributed by atoms with Crippen molar-refractivity contribution < 1.29 is 9.59 Å². The molecule has 0 fully saturated rings. The number of fused-ring (bicyclic) bond motifs is 2. The van der Waals surface area contributed by atoms with Crippen molar-refractivity contribution in [1.82, 2.24) is 9.88 Å². The first kappa shape index (κ1) is 17.3. The zero-order valence-corrected chi connectivity index (χ0v) is 15.6. The van der Waals surface area contributed by atoms with Crippen LogP contribution >= 0.6 is 0 Å². The van der Waals surface area contributed by atoms with Crippen LogP contribution in [0, 0.1) is 0 Å². The fraction of sp³-hybridized carbons (Fsp3) is 0.0833. The van der Waals surface area contributed by atoms with E-state index in [2.05, 4.69) is 10.3 Å². The van der Waals surface area contributed by atoms with Gasteiger partial charge in [0.25, 0.3) is 5.91 Å². The van der Waals surface area contributed by atoms with Crippen molar-refractivity contribution in [2.24, 2.45) is 0 Å². The molecule has 5 heteroatoms. The van der Waals surface area contributed by atoms with E-state index in [1.54, 1.807) is 4.90 Å². The lowest BCUT2D eigenvalue weighted by Gasteiger charge is -2.25. The average Bonchev–Trinajstić information content (AvgIpc) is 3.28. The largest absolute Gasteiger partial charge is 0.361 e. The molecule has 2 amide bonds. The van der Waals surface area contributed by atoms with Crippen molar-refractivity contribution >= 4 is 28.4 Å². The molecule has 1 aliphatic heterocycles. The van der Waals surface area contributed by atoms with Gasteiger partial charge in [-0.3, -0.25) is 9.59 Å². The van der Waals surface area contributed by atoms with Crippen molar-refractivity contribution in [1.29, 1.82) is 0 Å². The molecule has 1 atom stereocenters. The Morgan fingerprint density at radius 3 is 2.48 bits per heavy atom. The van der Waals surface area contributed by atoms with Crippen molar-refractivity contribution in [2.75, 3.05) is 11.9 Å². The summed E-state index contributed by atoms with van der Waals surface area (Å²) in [7, 11) is 0. The van der Waals surface area contributed by atoms with E-state index in [1.807, 2.05) is 85.1 Å². The second-order valence-electron chi connectivity index (χ2n) is 7.13. The summed E-state index contributed by atoms with van der Waals surface area (Å²) in [5, 5.41) is 3.93. The number of rotatable bonds is 4. The molecule has 1 aromatic heterocycles. The Kier molecular flexibility index (Phi) is 4.13. The van der Waals surface area contributed by atoms with Crippen LogP contribution in [0.4, 0.5) is 5.69 Å². The Morgan fingerprint density at radius 2 is 1.62 bits per heavy atom. The van der Waals surface area contributed by atoms with Crippen molar-refractivity contribution in [3.8, 4) is 0 Å². The van der Waals surface area contributed by atoms with E-state index in [0.29, 0.717) is 11.3 Å². The van der Waals surface area contributed by atoms with E-state index in [1.165, 1.54) is 0 Å². The van der Waals surface area contributed by atoms with Crippen LogP contribution in [0.25, 0.3) is 10.9 Å². The number of nitrogens with one attached hydrogen (secondary N) is 2. The summed E-state index contributed by atoms with van der Waals surface area (Å²) in [5.74, 6) is -0.346. The second-order valence-corrected chi connectivity index (χ2v) is 7.13. The van der Waals surface area contributed by atoms with Gasteiger partial charge in [-0.25, -0.2) is 0 Å². The van der Waals surface area contributed by atoms with Crippen LogP contribution in [-0.4, -0.2) is 28.2 Å². The maximum atomic E-state index is 13.2. The van der Waals surface area contributed by atoms with E-state index in [0.717, 1.165) is 22.0 Å². The molecule has 0 spiro atoms. The van der Waals surface area contributed by atoms with Gasteiger partial charge in [-0.05, 0) is 29.8 Å². The summed E-state index contributed by atoms with van der Waals surface area (Å²) >= 11 is 0. The van der Waals surface area contributed by atoms with Gasteiger partial charge in [0.1, 0.15) is 6.54 Å². The third-order valence-corrected chi connectivity index (χ3v) is 5.35. The number of aromatic nitrogens is 1. The second kappa shape index (κ2) is 6.95. The maximum absolute atomic E-state index is 13.2. The molecule has 5 rings (SSSR count). The minimum absolute atomic E-state index is 0.0212. The number of H-pyrrole nitrogens is 1. The SMILES string of the molecule is O=C(CN1C(=O)c2ccccc2[C@H]1c1c[nH]c2ccccc12)Nc1ccccc1. The zero-order valence-electron chi connectivity index (χ0n) is 15.6. The Morgan fingerprint density at radius 1 is 0.897 bits per heavy atom. The maximum Gasteiger partial charge on any atom is 0.255 e. The standard InChI is InChI=1S/C24H19N3O2/c28-22(26-16-8-2-1-3-9-16)15-27-23(18-11-4-5-12-19(18)24(27)29)20-14-25-21-13-7-6-10-17(20)21/h1-14,23,25H,15H2,(H,26,28)/t23-/m0/s1. The zero-order chi connectivity index (χ0) is 19.8. The quantitative estimate of drug-likeness (QED) is 0.552. The number of carbonyl (C=O) groups is 2. The number of anilines is 1. The fourth-order valence-electron chi connectivity index (χ4n) is 4.07. The molecule has 0 unspecified atom stereocenters. The third-order valence-electron chi connectivity index (χ3n) is 5.35. The molecular weight excluding hydrogens is 362 g/mol. The van der Waals surface area contributed by atoms with Crippen molar-refractivity contribution in [2.45, 2.75) is 6.04 Å². The molecule has 29 heavy (non-hydrogen) atoms. The summed E-state index contributed by atoms with van der Waals surface area (Å²) < 4.78 is 0. The molecule has 142 valence electrons. The normalized spacial score (nSPS) is 15.5. The highest BCUT2D eigenvalue weighted by Crippen LogP contribution is 2.40. The van der Waals surface area contributed by atoms with Gasteiger partial charge >= 0.3 is 0 Å². The first-order valence-electron chi connectivity index (χ1n) is 9.53. The lowest BCUT2D eigenvalue weighted by molar-refractivity contribution is -0.117. The minimum atomic E-state index is -0.309. The van der Waals surface area contributed by atoms with Crippen LogP contribution in [0.1, 0.15) is 27.5 Å². The fourth-order valence-corrected chi connectivity index (χ4v) is 4.07. The average molecular weight is 381 g/mol. The van der Waals surface area contributed by atoms with Crippen LogP contribution in [0.5, 0.6) is 0 Å². The first-order chi connectivity index (χ1) is 14.2. The molecule has 0 saturated heterocycles. The molecule has 0 radical (unpaired) electrons. The number of amides is 2. The minimum Gasteiger partial charge on any atom is -0.361 e. The molecule has 0 bridgehead atoms. The van der Waals surface area contributed by atoms with Crippen molar-refractivity contribution in [3.63, 3.8) is 0 Å². The molecule has 5 nitrogen and oxygen atoms in total. The summed E-state index contributed by atoms with van der Waals surface area (Å²) in [6.07, 6.45) is 1.94. The summed E-state index contributed by atoms with van der Waals surface area (Å²) in [5.41, 5.74) is 4.29. The van der Waals surface area contributed by atoms with Crippen LogP contribution in [-0.2, 0) is 4.79 Å². The lowest BCUT2D eigenvalue weighted by atomic mass is 9.97.